The number of hydrogen-bond acceptors (Lipinski definition) is 4. The highest BCUT2D eigenvalue weighted by atomic mass is 35.5. The molecule has 0 aliphatic rings. The van der Waals surface area contributed by atoms with E-state index in [4.69, 9.17) is 11.6 Å². The number of halogens is 2. The summed E-state index contributed by atoms with van der Waals surface area (Å²) in [5, 5.41) is 9.53. The van der Waals surface area contributed by atoms with E-state index in [2.05, 4.69) is 10.4 Å². The molecule has 36 heavy (non-hydrogen) atoms. The van der Waals surface area contributed by atoms with Gasteiger partial charge in [0.2, 0.25) is 5.91 Å². The van der Waals surface area contributed by atoms with Crippen molar-refractivity contribution in [2.45, 2.75) is 26.1 Å². The van der Waals surface area contributed by atoms with Crippen LogP contribution in [0.15, 0.2) is 83.7 Å². The monoisotopic (exact) mass is 520 g/mol. The molecule has 6 nitrogen and oxygen atoms in total. The molecule has 1 atom stereocenters. The summed E-state index contributed by atoms with van der Waals surface area (Å²) in [4.78, 5) is 26.9. The number of amides is 1. The molecule has 0 spiro atoms. The zero-order chi connectivity index (χ0) is 25.2. The van der Waals surface area contributed by atoms with Crippen LogP contribution in [0.5, 0.6) is 0 Å². The Kier molecular flexibility index (Phi) is 6.71. The van der Waals surface area contributed by atoms with Crippen molar-refractivity contribution in [2.24, 2.45) is 0 Å². The third-order valence-electron chi connectivity index (χ3n) is 5.96. The molecule has 9 heteroatoms. The molecule has 0 saturated carbocycles. The van der Waals surface area contributed by atoms with Crippen LogP contribution in [0.2, 0.25) is 4.34 Å². The van der Waals surface area contributed by atoms with Gasteiger partial charge in [-0.2, -0.15) is 0 Å². The van der Waals surface area contributed by atoms with Crippen molar-refractivity contribution >= 4 is 39.6 Å². The summed E-state index contributed by atoms with van der Waals surface area (Å²) in [6.45, 7) is 1.60. The van der Waals surface area contributed by atoms with Gasteiger partial charge in [-0.1, -0.05) is 72.3 Å². The Bertz CT molecular complexity index is 1620. The Morgan fingerprint density at radius 3 is 2.58 bits per heavy atom. The molecule has 0 aliphatic carbocycles. The van der Waals surface area contributed by atoms with Crippen molar-refractivity contribution < 1.29 is 9.18 Å². The van der Waals surface area contributed by atoms with E-state index in [0.29, 0.717) is 20.6 Å². The number of nitrogens with one attached hydrogen (secondary N) is 1. The highest BCUT2D eigenvalue weighted by molar-refractivity contribution is 7.19. The van der Waals surface area contributed by atoms with Gasteiger partial charge >= 0.3 is 5.69 Å². The number of rotatable bonds is 7. The van der Waals surface area contributed by atoms with Gasteiger partial charge in [0.25, 0.3) is 0 Å². The summed E-state index contributed by atoms with van der Waals surface area (Å²) in [6.07, 6.45) is 0. The average Bonchev–Trinajstić information content (AvgIpc) is 3.43. The molecule has 0 bridgehead atoms. The lowest BCUT2D eigenvalue weighted by Crippen LogP contribution is -2.35. The van der Waals surface area contributed by atoms with Gasteiger partial charge in [-0.3, -0.25) is 9.36 Å². The van der Waals surface area contributed by atoms with Crippen LogP contribution in [0.3, 0.4) is 0 Å². The molecule has 0 aliphatic heterocycles. The highest BCUT2D eigenvalue weighted by Gasteiger charge is 2.20. The first-order chi connectivity index (χ1) is 17.4. The average molecular weight is 521 g/mol. The first kappa shape index (κ1) is 24.0. The van der Waals surface area contributed by atoms with Gasteiger partial charge in [-0.05, 0) is 41.5 Å². The second kappa shape index (κ2) is 10.1. The maximum atomic E-state index is 14.4. The predicted molar refractivity (Wildman–Crippen MR) is 141 cm³/mol. The predicted octanol–water partition coefficient (Wildman–Crippen LogP) is 5.64. The van der Waals surface area contributed by atoms with Crippen molar-refractivity contribution in [3.8, 4) is 10.7 Å². The Balaban J connectivity index is 1.43. The molecule has 3 aromatic carbocycles. The third-order valence-corrected chi connectivity index (χ3v) is 7.19. The van der Waals surface area contributed by atoms with E-state index in [9.17, 15) is 14.0 Å². The lowest BCUT2D eigenvalue weighted by molar-refractivity contribution is -0.122. The smallest absolute Gasteiger partial charge is 0.347 e. The minimum atomic E-state index is -0.509. The number of fused-ring (bicyclic) bond motifs is 1. The molecule has 2 heterocycles. The van der Waals surface area contributed by atoms with Crippen molar-refractivity contribution in [3.63, 3.8) is 0 Å². The Morgan fingerprint density at radius 1 is 1.06 bits per heavy atom. The van der Waals surface area contributed by atoms with Crippen LogP contribution in [0.25, 0.3) is 21.5 Å². The van der Waals surface area contributed by atoms with Gasteiger partial charge in [0.1, 0.15) is 12.4 Å². The largest absolute Gasteiger partial charge is 0.348 e. The number of thiophene rings is 1. The number of aromatic nitrogens is 3. The van der Waals surface area contributed by atoms with Crippen LogP contribution in [-0.4, -0.2) is 20.3 Å². The van der Waals surface area contributed by atoms with Gasteiger partial charge in [0.15, 0.2) is 5.82 Å². The molecule has 0 saturated heterocycles. The van der Waals surface area contributed by atoms with Crippen LogP contribution in [0, 0.1) is 5.82 Å². The van der Waals surface area contributed by atoms with Crippen molar-refractivity contribution in [2.75, 3.05) is 0 Å². The lowest BCUT2D eigenvalue weighted by atomic mass is 10.00. The quantitative estimate of drug-likeness (QED) is 0.302. The first-order valence-corrected chi connectivity index (χ1v) is 12.5. The number of carbonyl (C=O) groups is 1. The van der Waals surface area contributed by atoms with Gasteiger partial charge in [-0.25, -0.2) is 13.9 Å². The molecule has 2 aromatic heterocycles. The van der Waals surface area contributed by atoms with Gasteiger partial charge < -0.3 is 5.32 Å². The summed E-state index contributed by atoms with van der Waals surface area (Å²) >= 11 is 7.36. The molecule has 5 rings (SSSR count). The topological polar surface area (TPSA) is 68.9 Å². The molecule has 182 valence electrons. The minimum absolute atomic E-state index is 0.0234. The van der Waals surface area contributed by atoms with Crippen molar-refractivity contribution in [3.05, 3.63) is 111 Å². The second-order valence-electron chi connectivity index (χ2n) is 8.40. The van der Waals surface area contributed by atoms with E-state index >= 15 is 0 Å². The fourth-order valence-corrected chi connectivity index (χ4v) is 5.27. The fourth-order valence-electron chi connectivity index (χ4n) is 4.23. The van der Waals surface area contributed by atoms with E-state index in [-0.39, 0.29) is 25.0 Å². The molecule has 1 amide bonds. The SMILES string of the molecule is C[C@H](NC(=O)Cn1nc(-c2ccc(Cl)s2)n(Cc2ccccc2F)c1=O)c1cccc2ccccc12. The maximum absolute atomic E-state index is 14.4. The normalized spacial score (nSPS) is 12.1. The molecule has 0 unspecified atom stereocenters. The summed E-state index contributed by atoms with van der Waals surface area (Å²) in [7, 11) is 0. The van der Waals surface area contributed by atoms with E-state index < -0.39 is 11.5 Å². The summed E-state index contributed by atoms with van der Waals surface area (Å²) in [5.74, 6) is -0.451. The minimum Gasteiger partial charge on any atom is -0.348 e. The first-order valence-electron chi connectivity index (χ1n) is 11.3. The highest BCUT2D eigenvalue weighted by Crippen LogP contribution is 2.30. The van der Waals surface area contributed by atoms with E-state index in [1.807, 2.05) is 49.4 Å². The molecule has 0 fully saturated rings. The van der Waals surface area contributed by atoms with Crippen LogP contribution in [-0.2, 0) is 17.9 Å². The number of nitrogens with zero attached hydrogens (tertiary/aromatic N) is 3. The van der Waals surface area contributed by atoms with E-state index in [1.54, 1.807) is 30.3 Å². The maximum Gasteiger partial charge on any atom is 0.347 e. The van der Waals surface area contributed by atoms with Crippen LogP contribution < -0.4 is 11.0 Å². The molecule has 5 aromatic rings. The third kappa shape index (κ3) is 4.82. The Hall–Kier alpha value is -3.75. The van der Waals surface area contributed by atoms with Gasteiger partial charge in [-0.15, -0.1) is 16.4 Å². The number of hydrogen-bond donors (Lipinski definition) is 1. The molecule has 0 radical (unpaired) electrons. The Morgan fingerprint density at radius 2 is 1.81 bits per heavy atom. The summed E-state index contributed by atoms with van der Waals surface area (Å²) in [5.41, 5.74) is 0.815. The number of benzene rings is 3. The number of carbonyl (C=O) groups excluding carboxylic acids is 1. The standard InChI is InChI=1S/C27H22ClFN4O2S/c1-17(20-11-6-9-18-7-2-4-10-21(18)20)30-25(34)16-33-27(35)32(15-19-8-3-5-12-22(19)29)26(31-33)23-13-14-24(28)36-23/h2-14,17H,15-16H2,1H3,(H,30,34)/t17-/m0/s1. The zero-order valence-corrected chi connectivity index (χ0v) is 20.9. The van der Waals surface area contributed by atoms with Crippen LogP contribution >= 0.6 is 22.9 Å². The summed E-state index contributed by atoms with van der Waals surface area (Å²) < 4.78 is 17.4. The van der Waals surface area contributed by atoms with Gasteiger partial charge in [0.05, 0.1) is 21.8 Å². The Labute approximate surface area is 215 Å². The lowest BCUT2D eigenvalue weighted by Gasteiger charge is -2.16. The van der Waals surface area contributed by atoms with Crippen molar-refractivity contribution in [1.82, 2.24) is 19.7 Å². The zero-order valence-electron chi connectivity index (χ0n) is 19.3. The van der Waals surface area contributed by atoms with Crippen molar-refractivity contribution in [1.29, 1.82) is 0 Å². The van der Waals surface area contributed by atoms with E-state index in [1.165, 1.54) is 22.0 Å². The van der Waals surface area contributed by atoms with Crippen LogP contribution in [0.1, 0.15) is 24.1 Å². The fraction of sp³-hybridized carbons (Fsp3) is 0.148. The molecular formula is C27H22ClFN4O2S. The van der Waals surface area contributed by atoms with Crippen LogP contribution in [0.4, 0.5) is 4.39 Å². The molecule has 1 N–H and O–H groups in total. The second-order valence-corrected chi connectivity index (χ2v) is 10.1. The summed E-state index contributed by atoms with van der Waals surface area (Å²) in [6, 6.07) is 23.3. The molecular weight excluding hydrogens is 499 g/mol. The van der Waals surface area contributed by atoms with E-state index in [0.717, 1.165) is 21.0 Å². The van der Waals surface area contributed by atoms with Gasteiger partial charge in [0, 0.05) is 5.56 Å².